The fourth-order valence-corrected chi connectivity index (χ4v) is 22.3. The molecule has 0 unspecified atom stereocenters. The van der Waals surface area contributed by atoms with E-state index in [4.69, 9.17) is 13.3 Å². The normalized spacial score (nSPS) is 12.9. The second kappa shape index (κ2) is 26.0. The molecule has 0 aliphatic rings. The van der Waals surface area contributed by atoms with E-state index in [1.54, 1.807) is 13.0 Å². The Morgan fingerprint density at radius 1 is 0.305 bits per heavy atom. The molecule has 15 rings (SSSR count). The van der Waals surface area contributed by atoms with Crippen molar-refractivity contribution in [2.45, 2.75) is 186 Å². The predicted octanol–water partition coefficient (Wildman–Crippen LogP) is 24.2. The van der Waals surface area contributed by atoms with Crippen LogP contribution in [0.25, 0.3) is 132 Å². The molecule has 6 nitrogen and oxygen atoms in total. The van der Waals surface area contributed by atoms with Crippen LogP contribution in [0.2, 0.25) is 54.4 Å². The molecular formula is C94H108F2N3O3Si3+3. The third kappa shape index (κ3) is 12.2. The molecule has 0 amide bonds. The molecule has 11 heteroatoms. The van der Waals surface area contributed by atoms with Crippen LogP contribution in [0.1, 0.15) is 118 Å². The van der Waals surface area contributed by atoms with Gasteiger partial charge in [-0.15, -0.1) is 0 Å². The number of para-hydroxylation sites is 1. The third-order valence-corrected chi connectivity index (χ3v) is 42.3. The first-order valence-corrected chi connectivity index (χ1v) is 46.4. The summed E-state index contributed by atoms with van der Waals surface area (Å²) in [5.41, 5.74) is 27.3. The molecule has 0 spiro atoms. The monoisotopic (exact) mass is 1450 g/mol. The number of benzene rings is 9. The summed E-state index contributed by atoms with van der Waals surface area (Å²) in [4.78, 5) is 0. The number of fused-ring (bicyclic) bond motifs is 12. The van der Waals surface area contributed by atoms with Gasteiger partial charge in [-0.2, -0.15) is 13.7 Å². The van der Waals surface area contributed by atoms with Crippen LogP contribution >= 0.6 is 0 Å². The molecule has 15 aromatic rings. The number of pyridine rings is 3. The molecule has 6 heterocycles. The topological polar surface area (TPSA) is 51.1 Å². The molecular weight excluding hydrogens is 1340 g/mol. The second-order valence-corrected chi connectivity index (χ2v) is 51.3. The van der Waals surface area contributed by atoms with E-state index in [0.717, 1.165) is 66.4 Å². The first kappa shape index (κ1) is 74.4. The van der Waals surface area contributed by atoms with Crippen LogP contribution in [0.3, 0.4) is 0 Å². The van der Waals surface area contributed by atoms with Gasteiger partial charge in [0.1, 0.15) is 66.3 Å². The van der Waals surface area contributed by atoms with Gasteiger partial charge in [0.25, 0.3) is 0 Å². The third-order valence-electron chi connectivity index (χ3n) is 25.8. The lowest BCUT2D eigenvalue weighted by Crippen LogP contribution is -2.51. The van der Waals surface area contributed by atoms with Crippen LogP contribution < -0.4 is 29.3 Å². The standard InChI is InChI=1S/C32H37FNOSi.C31H35FNOSi.C31H36NOSi/c1-18-11-14-26-24(15-18)28(36(9,10)32(5,6)7)17-27(34(26)8)29-20(3)19(2)16-23-22-12-13-25(33)21(4)30(22)35-31(23)29;1-18-10-13-25-24(14-18)28(35(8,9)31(4,5)6)17-26(33(25)7)29-20(3)19(2)15-23-22-12-11-21(32)16-27(22)34-30(23)29;1-19-14-15-25-24(16-19)28(34(8,9)31(4,5)6)18-26(32(25)7)29-21(3)20(2)17-23-22-12-10-11-13-27(22)33-30(23)29/h11-17H,1-10H3;10-17H,1-9H3;10-18H,1-9H3/q3*+1. The van der Waals surface area contributed by atoms with Crippen molar-refractivity contribution >= 4 is 138 Å². The molecule has 540 valence electrons. The lowest BCUT2D eigenvalue weighted by atomic mass is 9.95. The highest BCUT2D eigenvalue weighted by atomic mass is 28.3. The Bertz CT molecular complexity index is 6140. The average molecular weight is 1450 g/mol. The highest BCUT2D eigenvalue weighted by molar-refractivity contribution is 6.95. The van der Waals surface area contributed by atoms with E-state index in [-0.39, 0.29) is 26.7 Å². The maximum absolute atomic E-state index is 14.5. The van der Waals surface area contributed by atoms with Gasteiger partial charge < -0.3 is 13.3 Å². The molecule has 0 bridgehead atoms. The average Bonchev–Trinajstić information content (AvgIpc) is 1.71. The molecule has 0 aliphatic heterocycles. The number of hydrogen-bond acceptors (Lipinski definition) is 3. The number of halogens is 2. The maximum atomic E-state index is 14.5. The van der Waals surface area contributed by atoms with Crippen molar-refractivity contribution in [2.24, 2.45) is 21.1 Å². The highest BCUT2D eigenvalue weighted by Crippen LogP contribution is 2.46. The van der Waals surface area contributed by atoms with Gasteiger partial charge in [-0.25, -0.2) is 8.78 Å². The van der Waals surface area contributed by atoms with Crippen molar-refractivity contribution in [2.75, 3.05) is 0 Å². The lowest BCUT2D eigenvalue weighted by molar-refractivity contribution is -0.633. The minimum absolute atomic E-state index is 0.186. The van der Waals surface area contributed by atoms with Crippen molar-refractivity contribution in [3.8, 4) is 33.8 Å². The minimum atomic E-state index is -1.90. The molecule has 0 fully saturated rings. The van der Waals surface area contributed by atoms with Crippen molar-refractivity contribution in [3.05, 3.63) is 213 Å². The van der Waals surface area contributed by atoms with Crippen LogP contribution in [0.15, 0.2) is 159 Å². The Hall–Kier alpha value is -8.88. The molecule has 6 aromatic heterocycles. The van der Waals surface area contributed by atoms with Crippen LogP contribution in [0.4, 0.5) is 8.78 Å². The van der Waals surface area contributed by atoms with Crippen LogP contribution in [-0.4, -0.2) is 24.2 Å². The van der Waals surface area contributed by atoms with E-state index in [1.165, 1.54) is 133 Å². The van der Waals surface area contributed by atoms with E-state index in [2.05, 4.69) is 314 Å². The van der Waals surface area contributed by atoms with Gasteiger partial charge in [0.2, 0.25) is 33.6 Å². The largest absolute Gasteiger partial charge is 0.455 e. The number of hydrogen-bond donors (Lipinski definition) is 0. The predicted molar refractivity (Wildman–Crippen MR) is 451 cm³/mol. The Kier molecular flexibility index (Phi) is 18.4. The molecule has 0 radical (unpaired) electrons. The van der Waals surface area contributed by atoms with Gasteiger partial charge in [-0.3, -0.25) is 0 Å². The van der Waals surface area contributed by atoms with Crippen LogP contribution in [-0.2, 0) is 21.1 Å². The zero-order chi connectivity index (χ0) is 76.3. The molecule has 9 aromatic carbocycles. The number of rotatable bonds is 6. The molecule has 0 N–H and O–H groups in total. The van der Waals surface area contributed by atoms with E-state index in [0.29, 0.717) is 16.7 Å². The molecule has 0 atom stereocenters. The Morgan fingerprint density at radius 2 is 0.638 bits per heavy atom. The Balaban J connectivity index is 0.000000140. The first-order valence-electron chi connectivity index (χ1n) is 37.4. The maximum Gasteiger partial charge on any atom is 0.216 e. The Labute approximate surface area is 623 Å². The summed E-state index contributed by atoms with van der Waals surface area (Å²) in [7, 11) is 0.902. The van der Waals surface area contributed by atoms with Gasteiger partial charge >= 0.3 is 0 Å². The van der Waals surface area contributed by atoms with E-state index in [9.17, 15) is 8.78 Å². The summed E-state index contributed by atoms with van der Waals surface area (Å²) in [5, 5.41) is 15.5. The zero-order valence-electron chi connectivity index (χ0n) is 67.7. The Morgan fingerprint density at radius 3 is 1.02 bits per heavy atom. The van der Waals surface area contributed by atoms with Gasteiger partial charge in [0, 0.05) is 96.5 Å². The zero-order valence-corrected chi connectivity index (χ0v) is 70.7. The fourth-order valence-electron chi connectivity index (χ4n) is 15.7. The molecule has 0 saturated heterocycles. The molecule has 0 aliphatic carbocycles. The quantitative estimate of drug-likeness (QED) is 0.123. The van der Waals surface area contributed by atoms with Gasteiger partial charge in [0.15, 0.2) is 0 Å². The summed E-state index contributed by atoms with van der Waals surface area (Å²) in [5.74, 6) is -0.512. The van der Waals surface area contributed by atoms with Gasteiger partial charge in [-0.05, 0) is 200 Å². The summed E-state index contributed by atoms with van der Waals surface area (Å²) in [6, 6.07) is 51.2. The summed E-state index contributed by atoms with van der Waals surface area (Å²) >= 11 is 0. The lowest BCUT2D eigenvalue weighted by Gasteiger charge is -2.38. The number of aryl methyl sites for hydroxylation is 10. The fraction of sp³-hybridized carbons (Fsp3) is 0.330. The van der Waals surface area contributed by atoms with E-state index >= 15 is 0 Å². The SMILES string of the molecule is Cc1ccc2c(c1)c([Si](C)(C)C(C)(C)C)cc(-c1c(C)c(C)cc3c1oc1c(C)c(F)ccc13)[n+]2C.Cc1ccc2c(c1)c([Si](C)(C)C(C)(C)C)cc(-c1c(C)c(C)cc3c1oc1cc(F)ccc13)[n+]2C.Cc1ccc2c(c1)c([Si](C)(C)C(C)(C)C)cc(-c1c(C)c(C)cc3c1oc1ccccc13)[n+]2C. The minimum Gasteiger partial charge on any atom is -0.455 e. The summed E-state index contributed by atoms with van der Waals surface area (Å²) in [6.45, 7) is 57.9. The van der Waals surface area contributed by atoms with E-state index < -0.39 is 24.2 Å². The van der Waals surface area contributed by atoms with Crippen molar-refractivity contribution < 1.29 is 35.7 Å². The van der Waals surface area contributed by atoms with Crippen molar-refractivity contribution in [1.82, 2.24) is 0 Å². The van der Waals surface area contributed by atoms with Gasteiger partial charge in [-0.1, -0.05) is 155 Å². The smallest absolute Gasteiger partial charge is 0.216 e. The van der Waals surface area contributed by atoms with Crippen LogP contribution in [0, 0.1) is 80.9 Å². The summed E-state index contributed by atoms with van der Waals surface area (Å²) in [6.07, 6.45) is 0. The number of furan rings is 3. The van der Waals surface area contributed by atoms with Gasteiger partial charge in [0.05, 0.1) is 40.9 Å². The molecule has 105 heavy (non-hydrogen) atoms. The van der Waals surface area contributed by atoms with Crippen LogP contribution in [0.5, 0.6) is 0 Å². The molecule has 0 saturated carbocycles. The highest BCUT2D eigenvalue weighted by Gasteiger charge is 2.44. The number of aromatic nitrogens is 3. The first-order chi connectivity index (χ1) is 49.0. The number of nitrogens with zero attached hydrogens (tertiary/aromatic N) is 3. The second-order valence-electron chi connectivity index (χ2n) is 35.4. The van der Waals surface area contributed by atoms with E-state index in [1.807, 2.05) is 12.1 Å². The summed E-state index contributed by atoms with van der Waals surface area (Å²) < 4.78 is 55.0. The van der Waals surface area contributed by atoms with Crippen molar-refractivity contribution in [1.29, 1.82) is 0 Å². The van der Waals surface area contributed by atoms with Crippen molar-refractivity contribution in [3.63, 3.8) is 0 Å².